The van der Waals surface area contributed by atoms with Gasteiger partial charge in [0.2, 0.25) is 0 Å². The van der Waals surface area contributed by atoms with Crippen molar-refractivity contribution in [3.05, 3.63) is 45.1 Å². The number of fused-ring (bicyclic) bond motifs is 2. The van der Waals surface area contributed by atoms with Gasteiger partial charge >= 0.3 is 0 Å². The number of nitrogens with two attached hydrogens (primary N) is 2. The number of halogens is 2. The molecule has 4 nitrogen and oxygen atoms in total. The summed E-state index contributed by atoms with van der Waals surface area (Å²) in [4.78, 5) is 0. The van der Waals surface area contributed by atoms with E-state index in [0.29, 0.717) is 42.3 Å². The molecule has 0 unspecified atom stereocenters. The van der Waals surface area contributed by atoms with Crippen LogP contribution in [0.2, 0.25) is 10.0 Å². The minimum Gasteiger partial charge on any atom is -0.444 e. The van der Waals surface area contributed by atoms with E-state index in [1.54, 1.807) is 0 Å². The van der Waals surface area contributed by atoms with Crippen LogP contribution >= 0.6 is 68.5 Å². The van der Waals surface area contributed by atoms with Gasteiger partial charge in [0.15, 0.2) is 21.6 Å². The maximum Gasteiger partial charge on any atom is 0.181 e. The number of hydrogen-bond acceptors (Lipinski definition) is 8. The minimum atomic E-state index is 0.438. The second kappa shape index (κ2) is 6.98. The summed E-state index contributed by atoms with van der Waals surface area (Å²) in [6.45, 7) is 0. The Hall–Kier alpha value is -1.68. The SMILES string of the molecule is Nc1sc2c(Oc3cccs3)c3c(Cl)c(N)sc3c(Oc3cccs3)c2c1Cl. The van der Waals surface area contributed by atoms with Crippen LogP contribution in [0.4, 0.5) is 10.0 Å². The molecule has 5 rings (SSSR count). The number of thiophene rings is 4. The molecule has 0 bridgehead atoms. The van der Waals surface area contributed by atoms with Crippen molar-refractivity contribution in [3.63, 3.8) is 0 Å². The molecule has 0 saturated carbocycles. The Kier molecular flexibility index (Phi) is 4.58. The fourth-order valence-electron chi connectivity index (χ4n) is 2.85. The molecule has 142 valence electrons. The number of anilines is 2. The molecule has 4 heterocycles. The lowest BCUT2D eigenvalue weighted by molar-refractivity contribution is 0.501. The summed E-state index contributed by atoms with van der Waals surface area (Å²) in [5.41, 5.74) is 12.3. The summed E-state index contributed by atoms with van der Waals surface area (Å²) in [5.74, 6) is 1.18. The van der Waals surface area contributed by atoms with Gasteiger partial charge in [-0.2, -0.15) is 0 Å². The lowest BCUT2D eigenvalue weighted by Gasteiger charge is -2.12. The van der Waals surface area contributed by atoms with Gasteiger partial charge in [0, 0.05) is 0 Å². The first-order chi connectivity index (χ1) is 13.5. The molecule has 0 aliphatic rings. The van der Waals surface area contributed by atoms with E-state index in [1.165, 1.54) is 45.3 Å². The molecular formula is C18H10Cl2N2O2S4. The molecule has 1 aromatic carbocycles. The molecule has 0 amide bonds. The normalized spacial score (nSPS) is 11.5. The van der Waals surface area contributed by atoms with Crippen LogP contribution in [0.15, 0.2) is 35.0 Å². The van der Waals surface area contributed by atoms with Crippen molar-refractivity contribution in [2.45, 2.75) is 0 Å². The average Bonchev–Trinajstić information content (AvgIpc) is 3.44. The van der Waals surface area contributed by atoms with Gasteiger partial charge in [0.1, 0.15) is 10.0 Å². The van der Waals surface area contributed by atoms with Crippen molar-refractivity contribution < 1.29 is 9.47 Å². The summed E-state index contributed by atoms with van der Waals surface area (Å²) < 4.78 is 14.0. The predicted octanol–water partition coefficient (Wildman–Crippen LogP) is 8.29. The average molecular weight is 485 g/mol. The number of ether oxygens (including phenoxy) is 2. The molecular weight excluding hydrogens is 475 g/mol. The van der Waals surface area contributed by atoms with Crippen LogP contribution in [0.3, 0.4) is 0 Å². The first-order valence-corrected chi connectivity index (χ1v) is 12.0. The molecule has 0 fully saturated rings. The summed E-state index contributed by atoms with van der Waals surface area (Å²) in [6.07, 6.45) is 0. The minimum absolute atomic E-state index is 0.438. The molecule has 0 saturated heterocycles. The van der Waals surface area contributed by atoms with E-state index in [4.69, 9.17) is 44.1 Å². The zero-order valence-electron chi connectivity index (χ0n) is 13.8. The quantitative estimate of drug-likeness (QED) is 0.269. The van der Waals surface area contributed by atoms with Crippen LogP contribution in [0.1, 0.15) is 0 Å². The van der Waals surface area contributed by atoms with E-state index in [9.17, 15) is 0 Å². The summed E-state index contributed by atoms with van der Waals surface area (Å²) >= 11 is 18.8. The Balaban J connectivity index is 1.89. The fraction of sp³-hybridized carbons (Fsp3) is 0. The monoisotopic (exact) mass is 484 g/mol. The standard InChI is InChI=1S/C18H10Cl2N2O2S4/c19-11-9-13(23-7-3-1-5-25-7)15-10(12(20)18(22)27-15)14(16(9)28-17(11)21)24-8-4-2-6-26-8/h1-6H,21-22H2. The Morgan fingerprint density at radius 1 is 0.714 bits per heavy atom. The first kappa shape index (κ1) is 18.4. The summed E-state index contributed by atoms with van der Waals surface area (Å²) in [5, 5.41) is 8.62. The second-order valence-electron chi connectivity index (χ2n) is 5.70. The van der Waals surface area contributed by atoms with Gasteiger partial charge in [-0.3, -0.25) is 0 Å². The predicted molar refractivity (Wildman–Crippen MR) is 125 cm³/mol. The highest BCUT2D eigenvalue weighted by atomic mass is 35.5. The van der Waals surface area contributed by atoms with E-state index in [1.807, 2.05) is 35.0 Å². The Morgan fingerprint density at radius 2 is 1.14 bits per heavy atom. The van der Waals surface area contributed by atoms with Crippen LogP contribution in [0, 0.1) is 0 Å². The zero-order valence-corrected chi connectivity index (χ0v) is 18.6. The molecule has 0 spiro atoms. The van der Waals surface area contributed by atoms with Crippen molar-refractivity contribution in [1.29, 1.82) is 0 Å². The van der Waals surface area contributed by atoms with Gasteiger partial charge in [-0.25, -0.2) is 0 Å². The summed E-state index contributed by atoms with van der Waals surface area (Å²) in [7, 11) is 0. The molecule has 0 aliphatic heterocycles. The van der Waals surface area contributed by atoms with E-state index >= 15 is 0 Å². The fourth-order valence-corrected chi connectivity index (χ4v) is 6.60. The third-order valence-corrected chi connectivity index (χ3v) is 8.55. The Bertz CT molecular complexity index is 1210. The number of hydrogen-bond donors (Lipinski definition) is 2. The first-order valence-electron chi connectivity index (χ1n) is 7.88. The largest absolute Gasteiger partial charge is 0.444 e. The van der Waals surface area contributed by atoms with Gasteiger partial charge < -0.3 is 20.9 Å². The third kappa shape index (κ3) is 2.83. The molecule has 4 aromatic heterocycles. The maximum atomic E-state index is 6.58. The molecule has 0 aliphatic carbocycles. The lowest BCUT2D eigenvalue weighted by Crippen LogP contribution is -1.88. The molecule has 10 heteroatoms. The van der Waals surface area contributed by atoms with Crippen LogP contribution in [0.5, 0.6) is 21.6 Å². The van der Waals surface area contributed by atoms with Crippen LogP contribution in [-0.4, -0.2) is 0 Å². The molecule has 28 heavy (non-hydrogen) atoms. The van der Waals surface area contributed by atoms with Gasteiger partial charge in [-0.1, -0.05) is 23.2 Å². The van der Waals surface area contributed by atoms with Crippen LogP contribution in [0.25, 0.3) is 20.2 Å². The topological polar surface area (TPSA) is 70.5 Å². The van der Waals surface area contributed by atoms with Crippen molar-refractivity contribution >= 4 is 98.7 Å². The van der Waals surface area contributed by atoms with Crippen LogP contribution in [-0.2, 0) is 0 Å². The molecule has 0 atom stereocenters. The van der Waals surface area contributed by atoms with Gasteiger partial charge in [0.05, 0.1) is 30.2 Å². The van der Waals surface area contributed by atoms with Crippen molar-refractivity contribution in [1.82, 2.24) is 0 Å². The second-order valence-corrected chi connectivity index (χ2v) is 10.4. The number of benzene rings is 1. The summed E-state index contributed by atoms with van der Waals surface area (Å²) in [6, 6.07) is 7.62. The molecule has 0 radical (unpaired) electrons. The molecule has 5 aromatic rings. The van der Waals surface area contributed by atoms with Gasteiger partial charge in [-0.15, -0.1) is 45.3 Å². The Labute approximate surface area is 185 Å². The molecule has 4 N–H and O–H groups in total. The van der Waals surface area contributed by atoms with E-state index in [0.717, 1.165) is 19.5 Å². The van der Waals surface area contributed by atoms with E-state index in [2.05, 4.69) is 0 Å². The lowest BCUT2D eigenvalue weighted by atomic mass is 10.1. The van der Waals surface area contributed by atoms with Crippen LogP contribution < -0.4 is 20.9 Å². The van der Waals surface area contributed by atoms with E-state index in [-0.39, 0.29) is 0 Å². The Morgan fingerprint density at radius 3 is 1.50 bits per heavy atom. The zero-order chi connectivity index (χ0) is 19.4. The third-order valence-electron chi connectivity index (χ3n) is 4.01. The van der Waals surface area contributed by atoms with Gasteiger partial charge in [-0.05, 0) is 35.0 Å². The highest BCUT2D eigenvalue weighted by Crippen LogP contribution is 2.58. The van der Waals surface area contributed by atoms with E-state index < -0.39 is 0 Å². The van der Waals surface area contributed by atoms with Crippen molar-refractivity contribution in [2.75, 3.05) is 11.5 Å². The number of nitrogen functional groups attached to an aromatic ring is 2. The highest BCUT2D eigenvalue weighted by molar-refractivity contribution is 7.26. The maximum absolute atomic E-state index is 6.58. The number of rotatable bonds is 4. The van der Waals surface area contributed by atoms with Crippen molar-refractivity contribution in [3.8, 4) is 21.6 Å². The van der Waals surface area contributed by atoms with Crippen molar-refractivity contribution in [2.24, 2.45) is 0 Å². The smallest absolute Gasteiger partial charge is 0.181 e. The highest BCUT2D eigenvalue weighted by Gasteiger charge is 2.27. The van der Waals surface area contributed by atoms with Gasteiger partial charge in [0.25, 0.3) is 0 Å².